The molecule has 2 aromatic carbocycles. The highest BCUT2D eigenvalue weighted by atomic mass is 16.5. The maximum absolute atomic E-state index is 13.8. The Hall–Kier alpha value is -2.94. The molecule has 1 amide bonds. The maximum atomic E-state index is 13.8. The first-order valence-electron chi connectivity index (χ1n) is 13.3. The number of carbonyl (C=O) groups is 2. The Morgan fingerprint density at radius 2 is 1.73 bits per heavy atom. The number of piperidine rings is 1. The van der Waals surface area contributed by atoms with Gasteiger partial charge in [-0.05, 0) is 69.7 Å². The summed E-state index contributed by atoms with van der Waals surface area (Å²) in [5.74, 6) is 0.408. The van der Waals surface area contributed by atoms with Crippen molar-refractivity contribution >= 4 is 11.9 Å². The summed E-state index contributed by atoms with van der Waals surface area (Å²) in [5.41, 5.74) is -0.676. The first kappa shape index (κ1) is 27.1. The Bertz CT molecular complexity index is 1080. The summed E-state index contributed by atoms with van der Waals surface area (Å²) < 4.78 is 6.20. The number of rotatable bonds is 10. The van der Waals surface area contributed by atoms with Crippen molar-refractivity contribution in [2.75, 3.05) is 13.1 Å². The summed E-state index contributed by atoms with van der Waals surface area (Å²) in [7, 11) is 0. The molecule has 8 nitrogen and oxygen atoms in total. The number of aliphatic hydroxyl groups excluding tert-OH is 1. The fraction of sp³-hybridized carbons (Fsp3) is 0.517. The van der Waals surface area contributed by atoms with Gasteiger partial charge in [-0.25, -0.2) is 4.79 Å². The van der Waals surface area contributed by atoms with Crippen molar-refractivity contribution in [3.05, 3.63) is 59.7 Å². The summed E-state index contributed by atoms with van der Waals surface area (Å²) in [6, 6.07) is 14.1. The molecular formula is C29H38N2O6. The molecule has 2 aliphatic rings. The van der Waals surface area contributed by atoms with Gasteiger partial charge in [0.05, 0.1) is 6.04 Å². The highest BCUT2D eigenvalue weighted by Gasteiger charge is 2.45. The standard InChI is InChI=1S/C29H38N2O6/c1-20-9-2-6-14-24(20)37-25-15-7-5-13-23(25)29(36,27(33)21-10-3-4-11-21)17-16-26(32)31(28(34)35)22-12-8-18-30-19-22/h2,5-7,9,13-15,21-22,26,30,32,36H,3-4,8,10-12,16-19H2,1H3,(H,34,35). The van der Waals surface area contributed by atoms with Gasteiger partial charge < -0.3 is 25.4 Å². The van der Waals surface area contributed by atoms with Crippen molar-refractivity contribution in [3.63, 3.8) is 0 Å². The lowest BCUT2D eigenvalue weighted by molar-refractivity contribution is -0.145. The maximum Gasteiger partial charge on any atom is 0.409 e. The lowest BCUT2D eigenvalue weighted by atomic mass is 9.78. The summed E-state index contributed by atoms with van der Waals surface area (Å²) >= 11 is 0. The minimum atomic E-state index is -1.93. The van der Waals surface area contributed by atoms with E-state index in [0.29, 0.717) is 42.9 Å². The van der Waals surface area contributed by atoms with Gasteiger partial charge in [-0.2, -0.15) is 0 Å². The molecule has 3 atom stereocenters. The van der Waals surface area contributed by atoms with Gasteiger partial charge in [0.2, 0.25) is 0 Å². The van der Waals surface area contributed by atoms with Gasteiger partial charge in [0.1, 0.15) is 17.7 Å². The number of carbonyl (C=O) groups excluding carboxylic acids is 1. The van der Waals surface area contributed by atoms with Crippen molar-refractivity contribution in [1.29, 1.82) is 0 Å². The van der Waals surface area contributed by atoms with E-state index in [4.69, 9.17) is 4.74 Å². The first-order valence-corrected chi connectivity index (χ1v) is 13.3. The number of hydrogen-bond donors (Lipinski definition) is 4. The number of Topliss-reactive ketones (excluding diaryl/α,β-unsaturated/α-hetero) is 1. The zero-order valence-electron chi connectivity index (χ0n) is 21.4. The van der Waals surface area contributed by atoms with Crippen molar-refractivity contribution in [2.24, 2.45) is 5.92 Å². The average molecular weight is 511 g/mol. The first-order chi connectivity index (χ1) is 17.8. The van der Waals surface area contributed by atoms with Crippen LogP contribution in [0.3, 0.4) is 0 Å². The molecule has 8 heteroatoms. The van der Waals surface area contributed by atoms with E-state index in [1.54, 1.807) is 24.3 Å². The summed E-state index contributed by atoms with van der Waals surface area (Å²) in [6.45, 7) is 3.19. The lowest BCUT2D eigenvalue weighted by Gasteiger charge is -2.37. The predicted molar refractivity (Wildman–Crippen MR) is 140 cm³/mol. The molecule has 1 aliphatic carbocycles. The highest BCUT2D eigenvalue weighted by molar-refractivity contribution is 5.91. The van der Waals surface area contributed by atoms with Gasteiger partial charge in [0.25, 0.3) is 0 Å². The lowest BCUT2D eigenvalue weighted by Crippen LogP contribution is -2.53. The summed E-state index contributed by atoms with van der Waals surface area (Å²) in [6.07, 6.45) is 1.96. The molecule has 0 spiro atoms. The molecule has 0 bridgehead atoms. The van der Waals surface area contributed by atoms with Gasteiger partial charge in [-0.1, -0.05) is 49.2 Å². The van der Waals surface area contributed by atoms with Crippen LogP contribution in [0.1, 0.15) is 62.5 Å². The summed E-state index contributed by atoms with van der Waals surface area (Å²) in [4.78, 5) is 26.9. The number of ether oxygens (including phenoxy) is 1. The number of aryl methyl sites for hydroxylation is 1. The third-order valence-corrected chi connectivity index (χ3v) is 7.75. The van der Waals surface area contributed by atoms with E-state index >= 15 is 0 Å². The number of benzene rings is 2. The second-order valence-corrected chi connectivity index (χ2v) is 10.3. The number of carboxylic acid groups (broad SMARTS) is 1. The number of para-hydroxylation sites is 2. The van der Waals surface area contributed by atoms with Crippen LogP contribution in [0.25, 0.3) is 0 Å². The number of ketones is 1. The van der Waals surface area contributed by atoms with Crippen LogP contribution in [0.4, 0.5) is 4.79 Å². The molecule has 4 N–H and O–H groups in total. The topological polar surface area (TPSA) is 119 Å². The zero-order chi connectivity index (χ0) is 26.4. The number of nitrogens with one attached hydrogen (secondary N) is 1. The van der Waals surface area contributed by atoms with Crippen LogP contribution in [0.5, 0.6) is 11.5 Å². The Labute approximate surface area is 218 Å². The molecule has 4 rings (SSSR count). The SMILES string of the molecule is Cc1ccccc1Oc1ccccc1C(O)(CCC(O)N(C(=O)O)C1CCCNC1)C(=O)C1CCCC1. The van der Waals surface area contributed by atoms with Crippen LogP contribution >= 0.6 is 0 Å². The Kier molecular flexibility index (Phi) is 8.84. The van der Waals surface area contributed by atoms with Crippen molar-refractivity contribution in [1.82, 2.24) is 10.2 Å². The largest absolute Gasteiger partial charge is 0.465 e. The molecule has 200 valence electrons. The van der Waals surface area contributed by atoms with E-state index in [9.17, 15) is 24.9 Å². The summed E-state index contributed by atoms with van der Waals surface area (Å²) in [5, 5.41) is 36.1. The number of nitrogens with zero attached hydrogens (tertiary/aromatic N) is 1. The normalized spacial score (nSPS) is 20.7. The quantitative estimate of drug-likeness (QED) is 0.346. The molecular weight excluding hydrogens is 472 g/mol. The fourth-order valence-electron chi connectivity index (χ4n) is 5.68. The minimum absolute atomic E-state index is 0.0868. The van der Waals surface area contributed by atoms with Gasteiger partial charge in [-0.15, -0.1) is 0 Å². The monoisotopic (exact) mass is 510 g/mol. The van der Waals surface area contributed by atoms with E-state index in [-0.39, 0.29) is 30.6 Å². The van der Waals surface area contributed by atoms with Gasteiger partial charge in [-0.3, -0.25) is 9.69 Å². The molecule has 1 aliphatic heterocycles. The highest BCUT2D eigenvalue weighted by Crippen LogP contribution is 2.42. The van der Waals surface area contributed by atoms with Crippen LogP contribution < -0.4 is 10.1 Å². The van der Waals surface area contributed by atoms with Crippen LogP contribution in [-0.4, -0.2) is 57.5 Å². The zero-order valence-corrected chi connectivity index (χ0v) is 21.4. The van der Waals surface area contributed by atoms with Gasteiger partial charge in [0.15, 0.2) is 11.4 Å². The minimum Gasteiger partial charge on any atom is -0.465 e. The number of aliphatic hydroxyl groups is 2. The molecule has 1 saturated carbocycles. The van der Waals surface area contributed by atoms with E-state index in [1.807, 2.05) is 31.2 Å². The fourth-order valence-corrected chi connectivity index (χ4v) is 5.68. The second-order valence-electron chi connectivity index (χ2n) is 10.3. The van der Waals surface area contributed by atoms with Gasteiger partial charge >= 0.3 is 6.09 Å². The third-order valence-electron chi connectivity index (χ3n) is 7.75. The molecule has 1 saturated heterocycles. The van der Waals surface area contributed by atoms with Gasteiger partial charge in [0, 0.05) is 18.0 Å². The average Bonchev–Trinajstić information content (AvgIpc) is 3.44. The van der Waals surface area contributed by atoms with E-state index in [2.05, 4.69) is 5.32 Å². The smallest absolute Gasteiger partial charge is 0.409 e. The Balaban J connectivity index is 1.64. The van der Waals surface area contributed by atoms with Crippen LogP contribution in [0.2, 0.25) is 0 Å². The van der Waals surface area contributed by atoms with E-state index in [1.165, 1.54) is 0 Å². The van der Waals surface area contributed by atoms with Crippen LogP contribution in [0, 0.1) is 12.8 Å². The molecule has 0 radical (unpaired) electrons. The molecule has 3 unspecified atom stereocenters. The van der Waals surface area contributed by atoms with E-state index < -0.39 is 17.9 Å². The van der Waals surface area contributed by atoms with E-state index in [0.717, 1.165) is 36.3 Å². The van der Waals surface area contributed by atoms with Crippen LogP contribution in [0.15, 0.2) is 48.5 Å². The molecule has 1 heterocycles. The molecule has 2 aromatic rings. The number of hydrogen-bond acceptors (Lipinski definition) is 6. The Morgan fingerprint density at radius 3 is 2.38 bits per heavy atom. The van der Waals surface area contributed by atoms with Crippen molar-refractivity contribution in [3.8, 4) is 11.5 Å². The molecule has 2 fully saturated rings. The predicted octanol–water partition coefficient (Wildman–Crippen LogP) is 4.56. The van der Waals surface area contributed by atoms with Crippen molar-refractivity contribution in [2.45, 2.75) is 76.2 Å². The third kappa shape index (κ3) is 6.14. The number of amides is 1. The molecule has 0 aromatic heterocycles. The Morgan fingerprint density at radius 1 is 1.05 bits per heavy atom. The van der Waals surface area contributed by atoms with Crippen molar-refractivity contribution < 1.29 is 29.6 Å². The van der Waals surface area contributed by atoms with Crippen LogP contribution in [-0.2, 0) is 10.4 Å². The second kappa shape index (κ2) is 12.1. The molecule has 37 heavy (non-hydrogen) atoms.